The Morgan fingerprint density at radius 2 is 1.83 bits per heavy atom. The van der Waals surface area contributed by atoms with Gasteiger partial charge >= 0.3 is 11.9 Å². The molecule has 1 aliphatic rings. The van der Waals surface area contributed by atoms with Crippen LogP contribution in [0.25, 0.3) is 5.57 Å². The number of benzene rings is 2. The second-order valence-corrected chi connectivity index (χ2v) is 17.5. The molecule has 0 fully saturated rings. The average molecular weight is 505 g/mol. The van der Waals surface area contributed by atoms with Gasteiger partial charge in [0.25, 0.3) is 0 Å². The van der Waals surface area contributed by atoms with Gasteiger partial charge in [-0.2, -0.15) is 0 Å². The normalized spacial score (nSPS) is 15.7. The number of esters is 1. The van der Waals surface area contributed by atoms with Crippen molar-refractivity contribution in [2.45, 2.75) is 57.8 Å². The van der Waals surface area contributed by atoms with Crippen molar-refractivity contribution < 1.29 is 19.4 Å². The average Bonchev–Trinajstić information content (AvgIpc) is 3.32. The maximum atomic E-state index is 13.2. The van der Waals surface area contributed by atoms with Crippen molar-refractivity contribution in [2.75, 3.05) is 0 Å². The van der Waals surface area contributed by atoms with Gasteiger partial charge in [-0.1, -0.05) is 58.6 Å². The van der Waals surface area contributed by atoms with Crippen molar-refractivity contribution in [1.29, 1.82) is 0 Å². The summed E-state index contributed by atoms with van der Waals surface area (Å²) >= 11 is 1.69. The molecule has 3 aromatic rings. The van der Waals surface area contributed by atoms with Crippen LogP contribution >= 0.6 is 11.3 Å². The maximum absolute atomic E-state index is 13.2. The van der Waals surface area contributed by atoms with Crippen molar-refractivity contribution in [2.24, 2.45) is 0 Å². The van der Waals surface area contributed by atoms with Crippen molar-refractivity contribution in [3.8, 4) is 5.75 Å². The van der Waals surface area contributed by atoms with E-state index in [1.54, 1.807) is 29.5 Å². The second-order valence-electron chi connectivity index (χ2n) is 11.0. The number of carboxylic acid groups (broad SMARTS) is 1. The summed E-state index contributed by atoms with van der Waals surface area (Å²) in [6.07, 6.45) is 3.20. The second kappa shape index (κ2) is 9.24. The summed E-state index contributed by atoms with van der Waals surface area (Å²) in [6.45, 7) is 13.1. The van der Waals surface area contributed by atoms with Crippen LogP contribution in [-0.2, 0) is 5.41 Å². The summed E-state index contributed by atoms with van der Waals surface area (Å²) in [4.78, 5) is 26.2. The van der Waals surface area contributed by atoms with Gasteiger partial charge in [0.2, 0.25) is 0 Å². The zero-order valence-corrected chi connectivity index (χ0v) is 23.0. The number of thiophene rings is 1. The smallest absolute Gasteiger partial charge is 0.343 e. The molecule has 1 heterocycles. The third-order valence-electron chi connectivity index (χ3n) is 7.11. The van der Waals surface area contributed by atoms with Gasteiger partial charge < -0.3 is 9.84 Å². The number of allylic oxidation sites excluding steroid dienone is 1. The minimum absolute atomic E-state index is 0.0208. The van der Waals surface area contributed by atoms with E-state index in [0.29, 0.717) is 11.3 Å². The molecule has 35 heavy (non-hydrogen) atoms. The van der Waals surface area contributed by atoms with Gasteiger partial charge in [0.1, 0.15) is 5.75 Å². The van der Waals surface area contributed by atoms with E-state index >= 15 is 0 Å². The molecular weight excluding hydrogens is 472 g/mol. The largest absolute Gasteiger partial charge is 0.478 e. The van der Waals surface area contributed by atoms with Crippen LogP contribution < -0.4 is 4.74 Å². The van der Waals surface area contributed by atoms with E-state index in [9.17, 15) is 14.7 Å². The Balaban J connectivity index is 1.68. The van der Waals surface area contributed by atoms with Gasteiger partial charge in [-0.05, 0) is 81.4 Å². The van der Waals surface area contributed by atoms with Crippen LogP contribution in [0.1, 0.15) is 75.0 Å². The summed E-state index contributed by atoms with van der Waals surface area (Å²) in [7, 11) is -1.68. The van der Waals surface area contributed by atoms with Gasteiger partial charge in [0, 0.05) is 4.88 Å². The molecule has 0 saturated carbocycles. The molecule has 0 bridgehead atoms. The van der Waals surface area contributed by atoms with E-state index in [0.717, 1.165) is 23.1 Å². The molecular formula is C29H32O4SSi. The van der Waals surface area contributed by atoms with E-state index in [-0.39, 0.29) is 16.5 Å². The van der Waals surface area contributed by atoms with Gasteiger partial charge in [0.05, 0.1) is 19.2 Å². The van der Waals surface area contributed by atoms with Crippen LogP contribution in [0.2, 0.25) is 19.6 Å². The standard InChI is InChI=1S/C29H32O4SSi/c1-18(35(4,5)6)23-17-20(10-11-22(23)27(30)31)33-28(32)19-9-12-25-24(16-19)21(13-14-29(25,2)3)26-8-7-15-34-26/h7-13,15-18H,14H2,1-6H3,(H,30,31). The minimum atomic E-state index is -1.68. The first-order valence-corrected chi connectivity index (χ1v) is 16.3. The minimum Gasteiger partial charge on any atom is -0.478 e. The molecule has 1 unspecified atom stereocenters. The van der Waals surface area contributed by atoms with Crippen molar-refractivity contribution >= 4 is 36.9 Å². The third-order valence-corrected chi connectivity index (χ3v) is 10.9. The first kappa shape index (κ1) is 25.1. The molecule has 0 spiro atoms. The number of carboxylic acids is 1. The van der Waals surface area contributed by atoms with Crippen LogP contribution in [0.3, 0.4) is 0 Å². The van der Waals surface area contributed by atoms with Gasteiger partial charge in [-0.15, -0.1) is 11.3 Å². The number of ether oxygens (including phenoxy) is 1. The molecule has 1 aromatic heterocycles. The van der Waals surface area contributed by atoms with Crippen LogP contribution in [0.4, 0.5) is 0 Å². The molecule has 182 valence electrons. The lowest BCUT2D eigenvalue weighted by Crippen LogP contribution is -2.30. The molecule has 1 N–H and O–H groups in total. The first-order valence-electron chi connectivity index (χ1n) is 11.9. The summed E-state index contributed by atoms with van der Waals surface area (Å²) in [6, 6.07) is 14.8. The highest BCUT2D eigenvalue weighted by atomic mass is 32.1. The fraction of sp³-hybridized carbons (Fsp3) is 0.310. The Bertz CT molecular complexity index is 1310. The fourth-order valence-electron chi connectivity index (χ4n) is 4.52. The molecule has 0 radical (unpaired) electrons. The molecule has 1 atom stereocenters. The predicted molar refractivity (Wildman–Crippen MR) is 146 cm³/mol. The quantitative estimate of drug-likeness (QED) is 0.212. The number of hydrogen-bond donors (Lipinski definition) is 1. The lowest BCUT2D eigenvalue weighted by atomic mass is 9.73. The Morgan fingerprint density at radius 1 is 1.09 bits per heavy atom. The van der Waals surface area contributed by atoms with Crippen molar-refractivity contribution in [3.63, 3.8) is 0 Å². The van der Waals surface area contributed by atoms with Crippen molar-refractivity contribution in [1.82, 2.24) is 0 Å². The Morgan fingerprint density at radius 3 is 2.46 bits per heavy atom. The number of rotatable bonds is 6. The van der Waals surface area contributed by atoms with Gasteiger partial charge in [0.15, 0.2) is 0 Å². The zero-order valence-electron chi connectivity index (χ0n) is 21.1. The maximum Gasteiger partial charge on any atom is 0.343 e. The lowest BCUT2D eigenvalue weighted by molar-refractivity contribution is 0.0695. The van der Waals surface area contributed by atoms with E-state index in [1.165, 1.54) is 10.4 Å². The molecule has 0 saturated heterocycles. The number of aromatic carboxylic acids is 1. The highest BCUT2D eigenvalue weighted by molar-refractivity contribution is 7.11. The monoisotopic (exact) mass is 504 g/mol. The third kappa shape index (κ3) is 5.04. The van der Waals surface area contributed by atoms with Crippen molar-refractivity contribution in [3.05, 3.63) is 92.7 Å². The summed E-state index contributed by atoms with van der Waals surface area (Å²) in [5.41, 5.74) is 4.97. The zero-order chi connectivity index (χ0) is 25.5. The Kier molecular flexibility index (Phi) is 6.64. The summed E-state index contributed by atoms with van der Waals surface area (Å²) in [5, 5.41) is 11.8. The lowest BCUT2D eigenvalue weighted by Gasteiger charge is -2.32. The number of hydrogen-bond acceptors (Lipinski definition) is 4. The molecule has 4 rings (SSSR count). The Hall–Kier alpha value is -2.96. The number of carbonyl (C=O) groups is 2. The Labute approximate surface area is 212 Å². The van der Waals surface area contributed by atoms with Crippen LogP contribution in [0.15, 0.2) is 60.0 Å². The van der Waals surface area contributed by atoms with E-state index < -0.39 is 20.0 Å². The predicted octanol–water partition coefficient (Wildman–Crippen LogP) is 7.76. The van der Waals surface area contributed by atoms with Gasteiger partial charge in [-0.3, -0.25) is 0 Å². The molecule has 4 nitrogen and oxygen atoms in total. The molecule has 6 heteroatoms. The first-order chi connectivity index (χ1) is 16.4. The SMILES string of the molecule is CC(c1cc(OC(=O)c2ccc3c(c2)C(c2cccs2)=CCC3(C)C)ccc1C(=O)O)[Si](C)(C)C. The van der Waals surface area contributed by atoms with Crippen LogP contribution in [0, 0.1) is 0 Å². The van der Waals surface area contributed by atoms with Crippen LogP contribution in [0.5, 0.6) is 5.75 Å². The number of fused-ring (bicyclic) bond motifs is 1. The van der Waals surface area contributed by atoms with E-state index in [2.05, 4.69) is 57.9 Å². The van der Waals surface area contributed by atoms with Gasteiger partial charge in [-0.25, -0.2) is 9.59 Å². The van der Waals surface area contributed by atoms with E-state index in [1.807, 2.05) is 24.3 Å². The molecule has 2 aromatic carbocycles. The number of carbonyl (C=O) groups excluding carboxylic acids is 1. The summed E-state index contributed by atoms with van der Waals surface area (Å²) in [5.74, 6) is -1.04. The fourth-order valence-corrected chi connectivity index (χ4v) is 6.47. The summed E-state index contributed by atoms with van der Waals surface area (Å²) < 4.78 is 5.77. The molecule has 0 amide bonds. The topological polar surface area (TPSA) is 63.6 Å². The highest BCUT2D eigenvalue weighted by Gasteiger charge is 2.31. The van der Waals surface area contributed by atoms with E-state index in [4.69, 9.17) is 4.74 Å². The molecule has 0 aliphatic heterocycles. The molecule has 1 aliphatic carbocycles. The highest BCUT2D eigenvalue weighted by Crippen LogP contribution is 2.42. The van der Waals surface area contributed by atoms with Crippen LogP contribution in [-0.4, -0.2) is 25.1 Å².